The van der Waals surface area contributed by atoms with Crippen LogP contribution in [0.25, 0.3) is 0 Å². The van der Waals surface area contributed by atoms with Crippen molar-refractivity contribution in [1.82, 2.24) is 0 Å². The Bertz CT molecular complexity index is 1410. The highest BCUT2D eigenvalue weighted by Crippen LogP contribution is 2.42. The quantitative estimate of drug-likeness (QED) is 0.135. The third-order valence-electron chi connectivity index (χ3n) is 5.65. The summed E-state index contributed by atoms with van der Waals surface area (Å²) in [6.45, 7) is 0. The minimum absolute atomic E-state index is 0.240. The van der Waals surface area contributed by atoms with Crippen molar-refractivity contribution in [2.24, 2.45) is 0 Å². The second-order valence-corrected chi connectivity index (χ2v) is 14.4. The highest BCUT2D eigenvalue weighted by atomic mass is 35.6. The zero-order chi connectivity index (χ0) is 30.0. The van der Waals surface area contributed by atoms with Gasteiger partial charge >= 0.3 is 0 Å². The second kappa shape index (κ2) is 12.8. The fourth-order valence-corrected chi connectivity index (χ4v) is 4.74. The lowest BCUT2D eigenvalue weighted by molar-refractivity contribution is 0.0988. The van der Waals surface area contributed by atoms with Crippen molar-refractivity contribution in [3.63, 3.8) is 0 Å². The molecule has 0 saturated heterocycles. The van der Waals surface area contributed by atoms with Crippen LogP contribution in [0.15, 0.2) is 97.1 Å². The summed E-state index contributed by atoms with van der Waals surface area (Å²) >= 11 is 47.4. The maximum absolute atomic E-state index is 12.1. The number of carbonyl (C=O) groups excluding carboxylic acids is 2. The lowest BCUT2D eigenvalue weighted by atomic mass is 10.0. The highest BCUT2D eigenvalue weighted by molar-refractivity contribution is 6.78. The first-order chi connectivity index (χ1) is 19.1. The Balaban J connectivity index is 1.40. The van der Waals surface area contributed by atoms with E-state index in [9.17, 15) is 9.59 Å². The maximum Gasteiger partial charge on any atom is 0.253 e. The van der Waals surface area contributed by atoms with Gasteiger partial charge in [0.2, 0.25) is 11.6 Å². The number of hydrogen-bond acceptors (Lipinski definition) is 4. The van der Waals surface area contributed by atoms with Crippen molar-refractivity contribution in [1.29, 1.82) is 0 Å². The molecule has 12 heteroatoms. The van der Waals surface area contributed by atoms with Crippen LogP contribution in [-0.2, 0) is 4.33 Å². The molecule has 0 aliphatic rings. The summed E-state index contributed by atoms with van der Waals surface area (Å²) in [7, 11) is 0. The van der Waals surface area contributed by atoms with Crippen LogP contribution < -0.4 is 9.47 Å². The zero-order valence-corrected chi connectivity index (χ0v) is 26.4. The first-order valence-electron chi connectivity index (χ1n) is 11.5. The molecule has 0 bridgehead atoms. The molecular formula is C29H16Cl8O4. The van der Waals surface area contributed by atoms with Crippen molar-refractivity contribution >= 4 is 104 Å². The van der Waals surface area contributed by atoms with Crippen LogP contribution in [0.3, 0.4) is 0 Å². The maximum atomic E-state index is 12.1. The van der Waals surface area contributed by atoms with Crippen LogP contribution in [0.1, 0.15) is 31.8 Å². The number of benzene rings is 4. The first kappa shape index (κ1) is 32.1. The van der Waals surface area contributed by atoms with E-state index in [1.165, 1.54) is 24.3 Å². The van der Waals surface area contributed by atoms with Gasteiger partial charge in [0.05, 0.1) is 0 Å². The monoisotopic (exact) mass is 708 g/mol. The molecule has 0 radical (unpaired) electrons. The Hall–Kier alpha value is -1.86. The summed E-state index contributed by atoms with van der Waals surface area (Å²) < 4.78 is 6.22. The van der Waals surface area contributed by atoms with Gasteiger partial charge in [-0.3, -0.25) is 9.59 Å². The molecule has 212 valence electrons. The molecule has 0 saturated carbocycles. The Kier molecular flexibility index (Phi) is 10.0. The van der Waals surface area contributed by atoms with Gasteiger partial charge in [-0.25, -0.2) is 0 Å². The fourth-order valence-electron chi connectivity index (χ4n) is 3.58. The number of hydrogen-bond donors (Lipinski definition) is 0. The summed E-state index contributed by atoms with van der Waals surface area (Å²) in [5, 5.41) is 0. The Morgan fingerprint density at radius 3 is 0.902 bits per heavy atom. The normalized spacial score (nSPS) is 12.1. The molecule has 4 aromatic carbocycles. The number of alkyl halides is 8. The minimum atomic E-state index is -2.04. The zero-order valence-electron chi connectivity index (χ0n) is 20.4. The number of carbonyl (C=O) groups is 2. The standard InChI is InChI=1S/C29H16Cl8O4/c30-27(31,19-5-13-23(14-6-19)40-21-9-1-17(2-10-21)25(38)28(32,33)34)20-7-15-24(16-8-20)41-22-11-3-18(4-12-22)26(39)29(35,36)37/h1-16H. The molecule has 0 aromatic heterocycles. The number of ether oxygens (including phenoxy) is 2. The summed E-state index contributed by atoms with van der Waals surface area (Å²) in [6.07, 6.45) is 0. The smallest absolute Gasteiger partial charge is 0.253 e. The second-order valence-electron chi connectivity index (χ2n) is 8.53. The molecule has 4 nitrogen and oxygen atoms in total. The molecule has 4 aromatic rings. The molecule has 41 heavy (non-hydrogen) atoms. The lowest BCUT2D eigenvalue weighted by Gasteiger charge is -2.21. The number of ketones is 2. The average Bonchev–Trinajstić information content (AvgIpc) is 2.93. The average molecular weight is 712 g/mol. The number of rotatable bonds is 8. The lowest BCUT2D eigenvalue weighted by Crippen LogP contribution is -2.18. The van der Waals surface area contributed by atoms with E-state index in [0.717, 1.165) is 0 Å². The van der Waals surface area contributed by atoms with Crippen LogP contribution >= 0.6 is 92.8 Å². The van der Waals surface area contributed by atoms with Crippen LogP contribution in [0.5, 0.6) is 23.0 Å². The van der Waals surface area contributed by atoms with Gasteiger partial charge in [-0.05, 0) is 83.9 Å². The molecular weight excluding hydrogens is 696 g/mol. The predicted molar refractivity (Wildman–Crippen MR) is 168 cm³/mol. The number of halogens is 8. The van der Waals surface area contributed by atoms with Crippen molar-refractivity contribution in [2.75, 3.05) is 0 Å². The molecule has 0 unspecified atom stereocenters. The molecule has 0 heterocycles. The highest BCUT2D eigenvalue weighted by Gasteiger charge is 2.32. The SMILES string of the molecule is O=C(c1ccc(Oc2ccc(C(Cl)(Cl)c3ccc(Oc4ccc(C(=O)C(Cl)(Cl)Cl)cc4)cc3)cc2)cc1)C(Cl)(Cl)Cl. The van der Waals surface area contributed by atoms with Gasteiger partial charge in [0.1, 0.15) is 23.0 Å². The predicted octanol–water partition coefficient (Wildman–Crippen LogP) is 11.1. The first-order valence-corrected chi connectivity index (χ1v) is 14.5. The fraction of sp³-hybridized carbons (Fsp3) is 0.103. The summed E-state index contributed by atoms with van der Waals surface area (Å²) in [4.78, 5) is 24.1. The van der Waals surface area contributed by atoms with Crippen molar-refractivity contribution in [3.05, 3.63) is 119 Å². The number of Topliss-reactive ketones (excluding diaryl/α,β-unsaturated/α-hetero) is 2. The molecule has 0 aliphatic heterocycles. The molecule has 0 spiro atoms. The topological polar surface area (TPSA) is 52.6 Å². The van der Waals surface area contributed by atoms with E-state index >= 15 is 0 Å². The van der Waals surface area contributed by atoms with E-state index in [2.05, 4.69) is 0 Å². The Morgan fingerprint density at radius 2 is 0.659 bits per heavy atom. The van der Waals surface area contributed by atoms with Gasteiger partial charge in [0, 0.05) is 11.1 Å². The van der Waals surface area contributed by atoms with Crippen molar-refractivity contribution < 1.29 is 19.1 Å². The van der Waals surface area contributed by atoms with E-state index in [1.54, 1.807) is 72.8 Å². The molecule has 0 amide bonds. The van der Waals surface area contributed by atoms with Crippen molar-refractivity contribution in [2.45, 2.75) is 11.9 Å². The third kappa shape index (κ3) is 8.16. The molecule has 0 atom stereocenters. The van der Waals surface area contributed by atoms with E-state index in [1.807, 2.05) is 0 Å². The van der Waals surface area contributed by atoms with Gasteiger partial charge in [0.25, 0.3) is 7.59 Å². The van der Waals surface area contributed by atoms with Crippen LogP contribution in [0.2, 0.25) is 0 Å². The third-order valence-corrected chi connectivity index (χ3v) is 7.56. The Labute approximate surface area is 275 Å². The Morgan fingerprint density at radius 1 is 0.415 bits per heavy atom. The van der Waals surface area contributed by atoms with Crippen molar-refractivity contribution in [3.8, 4) is 23.0 Å². The molecule has 0 aliphatic carbocycles. The van der Waals surface area contributed by atoms with Crippen LogP contribution in [0.4, 0.5) is 0 Å². The summed E-state index contributed by atoms with van der Waals surface area (Å²) in [5.41, 5.74) is 1.70. The van der Waals surface area contributed by atoms with Crippen LogP contribution in [-0.4, -0.2) is 19.2 Å². The van der Waals surface area contributed by atoms with Crippen LogP contribution in [0, 0.1) is 0 Å². The summed E-state index contributed by atoms with van der Waals surface area (Å²) in [6, 6.07) is 26.2. The molecule has 0 N–H and O–H groups in total. The van der Waals surface area contributed by atoms with Gasteiger partial charge in [-0.2, -0.15) is 0 Å². The molecule has 4 rings (SSSR count). The van der Waals surface area contributed by atoms with Gasteiger partial charge in [0.15, 0.2) is 4.33 Å². The van der Waals surface area contributed by atoms with Gasteiger partial charge < -0.3 is 9.47 Å². The van der Waals surface area contributed by atoms with E-state index in [-0.39, 0.29) is 11.1 Å². The summed E-state index contributed by atoms with van der Waals surface area (Å²) in [5.74, 6) is 0.715. The van der Waals surface area contributed by atoms with E-state index in [4.69, 9.17) is 102 Å². The van der Waals surface area contributed by atoms with E-state index in [0.29, 0.717) is 34.1 Å². The minimum Gasteiger partial charge on any atom is -0.457 e. The largest absolute Gasteiger partial charge is 0.457 e. The van der Waals surface area contributed by atoms with Gasteiger partial charge in [-0.1, -0.05) is 117 Å². The van der Waals surface area contributed by atoms with Gasteiger partial charge in [-0.15, -0.1) is 0 Å². The van der Waals surface area contributed by atoms with E-state index < -0.39 is 23.5 Å². The molecule has 0 fully saturated rings.